The molecule has 14 heteroatoms. The lowest BCUT2D eigenvalue weighted by molar-refractivity contribution is -0.123. The van der Waals surface area contributed by atoms with Crippen LogP contribution in [-0.4, -0.2) is 51.9 Å². The summed E-state index contributed by atoms with van der Waals surface area (Å²) in [6, 6.07) is 9.12. The molecule has 2 aromatic carbocycles. The number of methoxy groups -OCH3 is 1. The average molecular weight is 652 g/mol. The molecule has 4 heterocycles. The lowest BCUT2D eigenvalue weighted by Gasteiger charge is -2.30. The highest BCUT2D eigenvalue weighted by Gasteiger charge is 2.50. The molecule has 1 aliphatic heterocycles. The number of aromatic nitrogens is 3. The van der Waals surface area contributed by atoms with E-state index in [1.807, 2.05) is 0 Å². The number of hydrogen-bond acceptors (Lipinski definition) is 8. The zero-order valence-electron chi connectivity index (χ0n) is 24.6. The summed E-state index contributed by atoms with van der Waals surface area (Å²) < 4.78 is 53.4. The van der Waals surface area contributed by atoms with Gasteiger partial charge in [-0.2, -0.15) is 13.9 Å². The summed E-state index contributed by atoms with van der Waals surface area (Å²) in [6.45, 7) is -1.53. The Hall–Kier alpha value is -4.69. The summed E-state index contributed by atoms with van der Waals surface area (Å²) in [7, 11) is 1.34. The molecule has 7 rings (SSSR count). The second-order valence-corrected chi connectivity index (χ2v) is 12.7. The Morgan fingerprint density at radius 3 is 2.78 bits per heavy atom. The van der Waals surface area contributed by atoms with Crippen LogP contribution in [0.25, 0.3) is 32.2 Å². The fourth-order valence-electron chi connectivity index (χ4n) is 6.03. The maximum atomic E-state index is 14.7. The molecule has 2 aliphatic rings. The van der Waals surface area contributed by atoms with Crippen molar-refractivity contribution in [3.63, 3.8) is 0 Å². The van der Waals surface area contributed by atoms with Crippen molar-refractivity contribution in [3.05, 3.63) is 70.6 Å². The van der Waals surface area contributed by atoms with E-state index in [1.165, 1.54) is 36.6 Å². The standard InChI is InChI=1S/C32H28F3N5O5S/c1-31(29(36)42)14-45-26-20(31)10-23(38-25(26)19-12-46-27-18(19)4-3-5-21(27)33)32(43,17-6-7-17)13-37-28(41)15-8-16-11-40(30(34)35)39-24(16)22(9-15)44-2/h3-5,8-12,17,30,43H,6-7,13-14H2,1-2H3,(H2,36,42)(H,37,41)/t31-,32+/m0/s1. The smallest absolute Gasteiger partial charge is 0.333 e. The maximum Gasteiger partial charge on any atom is 0.333 e. The molecule has 1 saturated carbocycles. The first-order chi connectivity index (χ1) is 21.9. The average Bonchev–Trinajstić information content (AvgIpc) is 3.51. The molecule has 0 saturated heterocycles. The Bertz CT molecular complexity index is 2060. The van der Waals surface area contributed by atoms with Crippen LogP contribution in [0.5, 0.6) is 11.5 Å². The van der Waals surface area contributed by atoms with E-state index in [0.717, 1.165) is 6.20 Å². The van der Waals surface area contributed by atoms with Crippen LogP contribution in [0, 0.1) is 11.7 Å². The summed E-state index contributed by atoms with van der Waals surface area (Å²) in [4.78, 5) is 31.0. The first-order valence-electron chi connectivity index (χ1n) is 14.4. The van der Waals surface area contributed by atoms with Gasteiger partial charge in [-0.1, -0.05) is 12.1 Å². The van der Waals surface area contributed by atoms with Gasteiger partial charge in [0.05, 0.1) is 24.0 Å². The summed E-state index contributed by atoms with van der Waals surface area (Å²) in [5, 5.41) is 21.5. The van der Waals surface area contributed by atoms with Crippen LogP contribution in [0.15, 0.2) is 48.0 Å². The van der Waals surface area contributed by atoms with Gasteiger partial charge in [0.25, 0.3) is 5.91 Å². The minimum absolute atomic E-state index is 0.0444. The molecule has 5 aromatic rings. The van der Waals surface area contributed by atoms with E-state index in [4.69, 9.17) is 20.2 Å². The van der Waals surface area contributed by atoms with Gasteiger partial charge in [-0.3, -0.25) is 9.59 Å². The van der Waals surface area contributed by atoms with Crippen LogP contribution in [0.1, 0.15) is 47.9 Å². The Morgan fingerprint density at radius 1 is 1.30 bits per heavy atom. The quantitative estimate of drug-likeness (QED) is 0.203. The number of alkyl halides is 2. The molecule has 2 atom stereocenters. The van der Waals surface area contributed by atoms with E-state index in [1.54, 1.807) is 30.5 Å². The van der Waals surface area contributed by atoms with Crippen molar-refractivity contribution < 1.29 is 37.3 Å². The number of carbonyl (C=O) groups excluding carboxylic acids is 2. The van der Waals surface area contributed by atoms with E-state index in [9.17, 15) is 27.9 Å². The number of benzene rings is 2. The fraction of sp³-hybridized carbons (Fsp3) is 0.312. The van der Waals surface area contributed by atoms with Crippen molar-refractivity contribution in [1.29, 1.82) is 0 Å². The lowest BCUT2D eigenvalue weighted by Crippen LogP contribution is -2.44. The molecule has 0 unspecified atom stereocenters. The number of nitrogens with two attached hydrogens (primary N) is 1. The Labute approximate surface area is 263 Å². The molecule has 1 fully saturated rings. The first-order valence-corrected chi connectivity index (χ1v) is 15.3. The van der Waals surface area contributed by atoms with Crippen LogP contribution in [-0.2, 0) is 15.8 Å². The third kappa shape index (κ3) is 4.66. The minimum Gasteiger partial charge on any atom is -0.494 e. The Kier molecular flexibility index (Phi) is 6.97. The zero-order valence-corrected chi connectivity index (χ0v) is 25.5. The Balaban J connectivity index is 1.29. The fourth-order valence-corrected chi connectivity index (χ4v) is 6.99. The second-order valence-electron chi connectivity index (χ2n) is 11.9. The highest BCUT2D eigenvalue weighted by Crippen LogP contribution is 2.51. The van der Waals surface area contributed by atoms with Gasteiger partial charge in [0.1, 0.15) is 46.1 Å². The van der Waals surface area contributed by atoms with Crippen molar-refractivity contribution in [2.75, 3.05) is 20.3 Å². The van der Waals surface area contributed by atoms with Crippen molar-refractivity contribution >= 4 is 44.1 Å². The molecule has 2 amide bonds. The van der Waals surface area contributed by atoms with Crippen molar-refractivity contribution in [1.82, 2.24) is 20.1 Å². The van der Waals surface area contributed by atoms with Gasteiger partial charge in [-0.15, -0.1) is 11.3 Å². The molecular weight excluding hydrogens is 623 g/mol. The number of nitrogens with zero attached hydrogens (tertiary/aromatic N) is 3. The molecule has 0 spiro atoms. The summed E-state index contributed by atoms with van der Waals surface area (Å²) in [5.41, 5.74) is 4.74. The van der Waals surface area contributed by atoms with Crippen LogP contribution in [0.3, 0.4) is 0 Å². The first kappa shape index (κ1) is 30.0. The Morgan fingerprint density at radius 2 is 2.09 bits per heavy atom. The van der Waals surface area contributed by atoms with Gasteiger partial charge in [-0.25, -0.2) is 14.1 Å². The third-order valence-electron chi connectivity index (χ3n) is 8.91. The molecule has 46 heavy (non-hydrogen) atoms. The zero-order chi connectivity index (χ0) is 32.5. The summed E-state index contributed by atoms with van der Waals surface area (Å²) >= 11 is 1.20. The SMILES string of the molecule is COc1cc(C(=O)NC[C@](O)(c2cc3c(c(-c4csc5c(F)cccc45)n2)OC[C@]3(C)C(N)=O)C2CC2)cc2cn(C(F)F)nc12. The maximum absolute atomic E-state index is 14.7. The monoisotopic (exact) mass is 651 g/mol. The third-order valence-corrected chi connectivity index (χ3v) is 9.92. The van der Waals surface area contributed by atoms with Gasteiger partial charge in [0, 0.05) is 39.0 Å². The number of thiophene rings is 1. The van der Waals surface area contributed by atoms with Gasteiger partial charge in [-0.05, 0) is 49.9 Å². The number of amides is 2. The lowest BCUT2D eigenvalue weighted by atomic mass is 9.81. The molecule has 10 nitrogen and oxygen atoms in total. The van der Waals surface area contributed by atoms with Crippen LogP contribution < -0.4 is 20.5 Å². The topological polar surface area (TPSA) is 142 Å². The van der Waals surface area contributed by atoms with Crippen molar-refractivity contribution in [3.8, 4) is 22.8 Å². The highest BCUT2D eigenvalue weighted by molar-refractivity contribution is 7.17. The molecule has 0 radical (unpaired) electrons. The number of fused-ring (bicyclic) bond motifs is 3. The molecule has 4 N–H and O–H groups in total. The van der Waals surface area contributed by atoms with Crippen molar-refractivity contribution in [2.24, 2.45) is 11.7 Å². The molecular formula is C32H28F3N5O5S. The minimum atomic E-state index is -2.87. The van der Waals surface area contributed by atoms with Gasteiger partial charge in [0.2, 0.25) is 5.91 Å². The molecule has 0 bridgehead atoms. The number of rotatable bonds is 9. The van der Waals surface area contributed by atoms with E-state index in [-0.39, 0.29) is 47.0 Å². The van der Waals surface area contributed by atoms with Gasteiger partial charge in [0.15, 0.2) is 0 Å². The van der Waals surface area contributed by atoms with E-state index >= 15 is 0 Å². The number of nitrogens with one attached hydrogen (secondary N) is 1. The normalized spacial score (nSPS) is 18.8. The van der Waals surface area contributed by atoms with E-state index < -0.39 is 35.2 Å². The highest BCUT2D eigenvalue weighted by atomic mass is 32.1. The van der Waals surface area contributed by atoms with Crippen LogP contribution >= 0.6 is 11.3 Å². The van der Waals surface area contributed by atoms with E-state index in [0.29, 0.717) is 50.2 Å². The van der Waals surface area contributed by atoms with Crippen LogP contribution in [0.4, 0.5) is 13.2 Å². The van der Waals surface area contributed by atoms with Crippen molar-refractivity contribution in [2.45, 2.75) is 37.3 Å². The number of carbonyl (C=O) groups is 2. The summed E-state index contributed by atoms with van der Waals surface area (Å²) in [6.07, 6.45) is 2.43. The second kappa shape index (κ2) is 10.7. The summed E-state index contributed by atoms with van der Waals surface area (Å²) in [5.74, 6) is -1.42. The molecule has 1 aliphatic carbocycles. The van der Waals surface area contributed by atoms with Gasteiger partial charge < -0.3 is 25.6 Å². The molecule has 3 aromatic heterocycles. The number of halogens is 3. The number of primary amides is 1. The predicted octanol–water partition coefficient (Wildman–Crippen LogP) is 5.02. The van der Waals surface area contributed by atoms with Gasteiger partial charge >= 0.3 is 6.55 Å². The molecule has 238 valence electrons. The number of aliphatic hydroxyl groups is 1. The largest absolute Gasteiger partial charge is 0.494 e. The van der Waals surface area contributed by atoms with Crippen LogP contribution in [0.2, 0.25) is 0 Å². The number of ether oxygens (including phenoxy) is 2. The number of pyridine rings is 1. The van der Waals surface area contributed by atoms with E-state index in [2.05, 4.69) is 10.4 Å². The predicted molar refractivity (Wildman–Crippen MR) is 164 cm³/mol. The number of hydrogen-bond donors (Lipinski definition) is 3.